The Balaban J connectivity index is 1.70. The van der Waals surface area contributed by atoms with Crippen LogP contribution in [0.25, 0.3) is 0 Å². The zero-order chi connectivity index (χ0) is 31.0. The molecular formula is C33H41N3O5S2. The highest BCUT2D eigenvalue weighted by Crippen LogP contribution is 2.27. The molecule has 1 atom stereocenters. The SMILES string of the molecule is CC[C@H](C(=O)NC1CCCC1)N(Cc1ccc(OC)cc1)C(=O)CN(c1ccc(C)cc1)S(=O)(=O)c1ccc(SC)cc1. The molecule has 0 aromatic heterocycles. The predicted molar refractivity (Wildman–Crippen MR) is 172 cm³/mol. The van der Waals surface area contributed by atoms with Crippen LogP contribution in [0.15, 0.2) is 82.6 Å². The van der Waals surface area contributed by atoms with Gasteiger partial charge in [-0.2, -0.15) is 0 Å². The molecule has 230 valence electrons. The Morgan fingerprint density at radius 3 is 2.16 bits per heavy atom. The van der Waals surface area contributed by atoms with Gasteiger partial charge in [-0.05, 0) is 86.5 Å². The second-order valence-corrected chi connectivity index (χ2v) is 13.5. The van der Waals surface area contributed by atoms with Crippen molar-refractivity contribution in [3.05, 3.63) is 83.9 Å². The van der Waals surface area contributed by atoms with Gasteiger partial charge in [0, 0.05) is 17.5 Å². The Bertz CT molecular complexity index is 1470. The molecular weight excluding hydrogens is 583 g/mol. The first kappa shape index (κ1) is 32.4. The van der Waals surface area contributed by atoms with Gasteiger partial charge in [-0.25, -0.2) is 8.42 Å². The number of ether oxygens (including phenoxy) is 1. The molecule has 10 heteroatoms. The molecule has 2 amide bonds. The molecule has 1 N–H and O–H groups in total. The van der Waals surface area contributed by atoms with Crippen molar-refractivity contribution < 1.29 is 22.7 Å². The van der Waals surface area contributed by atoms with Crippen molar-refractivity contribution in [3.8, 4) is 5.75 Å². The van der Waals surface area contributed by atoms with Gasteiger partial charge in [0.15, 0.2) is 0 Å². The second kappa shape index (κ2) is 14.8. The lowest BCUT2D eigenvalue weighted by atomic mass is 10.1. The van der Waals surface area contributed by atoms with Gasteiger partial charge in [-0.15, -0.1) is 11.8 Å². The number of sulfonamides is 1. The van der Waals surface area contributed by atoms with Crippen LogP contribution in [-0.4, -0.2) is 57.1 Å². The van der Waals surface area contributed by atoms with Crippen molar-refractivity contribution in [2.45, 2.75) is 74.4 Å². The summed E-state index contributed by atoms with van der Waals surface area (Å²) in [6.45, 7) is 3.47. The molecule has 0 radical (unpaired) electrons. The Morgan fingerprint density at radius 2 is 1.60 bits per heavy atom. The van der Waals surface area contributed by atoms with Crippen LogP contribution in [-0.2, 0) is 26.2 Å². The van der Waals surface area contributed by atoms with Crippen LogP contribution in [0, 0.1) is 6.92 Å². The molecule has 0 heterocycles. The molecule has 4 rings (SSSR count). The van der Waals surface area contributed by atoms with Crippen molar-refractivity contribution in [1.82, 2.24) is 10.2 Å². The molecule has 1 fully saturated rings. The summed E-state index contributed by atoms with van der Waals surface area (Å²) < 4.78 is 34.6. The molecule has 0 bridgehead atoms. The highest BCUT2D eigenvalue weighted by molar-refractivity contribution is 7.98. The van der Waals surface area contributed by atoms with E-state index >= 15 is 0 Å². The number of carbonyl (C=O) groups excluding carboxylic acids is 2. The minimum atomic E-state index is -4.11. The number of nitrogens with one attached hydrogen (secondary N) is 1. The van der Waals surface area contributed by atoms with Crippen LogP contribution in [0.2, 0.25) is 0 Å². The average Bonchev–Trinajstić information content (AvgIpc) is 3.53. The Morgan fingerprint density at radius 1 is 0.977 bits per heavy atom. The number of anilines is 1. The number of nitrogens with zero attached hydrogens (tertiary/aromatic N) is 2. The number of hydrogen-bond donors (Lipinski definition) is 1. The minimum absolute atomic E-state index is 0.0893. The minimum Gasteiger partial charge on any atom is -0.497 e. The van der Waals surface area contributed by atoms with Crippen molar-refractivity contribution in [3.63, 3.8) is 0 Å². The summed E-state index contributed by atoms with van der Waals surface area (Å²) in [5.41, 5.74) is 2.15. The zero-order valence-electron chi connectivity index (χ0n) is 25.3. The number of thioether (sulfide) groups is 1. The van der Waals surface area contributed by atoms with Crippen LogP contribution in [0.4, 0.5) is 5.69 Å². The summed E-state index contributed by atoms with van der Waals surface area (Å²) >= 11 is 1.52. The maximum atomic E-state index is 14.3. The van der Waals surface area contributed by atoms with Crippen LogP contribution in [0.3, 0.4) is 0 Å². The van der Waals surface area contributed by atoms with Crippen LogP contribution in [0.5, 0.6) is 5.75 Å². The Kier molecular flexibility index (Phi) is 11.2. The van der Waals surface area contributed by atoms with Crippen molar-refractivity contribution in [2.75, 3.05) is 24.2 Å². The number of hydrogen-bond acceptors (Lipinski definition) is 6. The molecule has 0 aliphatic heterocycles. The maximum absolute atomic E-state index is 14.3. The van der Waals surface area contributed by atoms with E-state index in [9.17, 15) is 18.0 Å². The molecule has 3 aromatic rings. The fourth-order valence-electron chi connectivity index (χ4n) is 5.33. The fourth-order valence-corrected chi connectivity index (χ4v) is 7.15. The third-order valence-electron chi connectivity index (χ3n) is 7.85. The third-order valence-corrected chi connectivity index (χ3v) is 10.4. The van der Waals surface area contributed by atoms with Gasteiger partial charge in [0.1, 0.15) is 18.3 Å². The van der Waals surface area contributed by atoms with E-state index < -0.39 is 28.5 Å². The first-order chi connectivity index (χ1) is 20.7. The van der Waals surface area contributed by atoms with Crippen LogP contribution >= 0.6 is 11.8 Å². The molecule has 3 aromatic carbocycles. The molecule has 0 saturated heterocycles. The van der Waals surface area contributed by atoms with E-state index in [1.807, 2.05) is 44.4 Å². The monoisotopic (exact) mass is 623 g/mol. The smallest absolute Gasteiger partial charge is 0.264 e. The van der Waals surface area contributed by atoms with Crippen molar-refractivity contribution in [2.24, 2.45) is 0 Å². The lowest BCUT2D eigenvalue weighted by Gasteiger charge is -2.33. The average molecular weight is 624 g/mol. The quantitative estimate of drug-likeness (QED) is 0.242. The zero-order valence-corrected chi connectivity index (χ0v) is 26.9. The predicted octanol–water partition coefficient (Wildman–Crippen LogP) is 5.79. The molecule has 8 nitrogen and oxygen atoms in total. The normalized spacial score (nSPS) is 14.2. The topological polar surface area (TPSA) is 96.0 Å². The summed E-state index contributed by atoms with van der Waals surface area (Å²) in [6.07, 6.45) is 6.28. The lowest BCUT2D eigenvalue weighted by Crippen LogP contribution is -2.53. The summed E-state index contributed by atoms with van der Waals surface area (Å²) in [5.74, 6) is -0.000409. The van der Waals surface area contributed by atoms with Crippen molar-refractivity contribution >= 4 is 39.3 Å². The number of amides is 2. The van der Waals surface area contributed by atoms with E-state index in [0.717, 1.165) is 46.0 Å². The van der Waals surface area contributed by atoms with Crippen LogP contribution < -0.4 is 14.4 Å². The van der Waals surface area contributed by atoms with Gasteiger partial charge in [0.05, 0.1) is 17.7 Å². The number of methoxy groups -OCH3 is 1. The summed E-state index contributed by atoms with van der Waals surface area (Å²) in [6, 6.07) is 20.3. The summed E-state index contributed by atoms with van der Waals surface area (Å²) in [4.78, 5) is 30.4. The number of aryl methyl sites for hydroxylation is 1. The maximum Gasteiger partial charge on any atom is 0.264 e. The van der Waals surface area contributed by atoms with E-state index in [1.165, 1.54) is 16.7 Å². The Hall–Kier alpha value is -3.50. The Labute approximate surface area is 259 Å². The summed E-state index contributed by atoms with van der Waals surface area (Å²) in [5, 5.41) is 3.14. The van der Waals surface area contributed by atoms with E-state index in [4.69, 9.17) is 4.74 Å². The van der Waals surface area contributed by atoms with E-state index in [2.05, 4.69) is 5.32 Å². The standard InChI is InChI=1S/C33H41N3O5S2/c1-5-31(33(38)34-26-8-6-7-9-26)35(22-25-12-16-28(41-3)17-13-25)32(37)23-36(27-14-10-24(2)11-15-27)43(39,40)30-20-18-29(42-4)19-21-30/h10-21,26,31H,5-9,22-23H2,1-4H3,(H,34,38)/t31-/m1/s1. The largest absolute Gasteiger partial charge is 0.497 e. The highest BCUT2D eigenvalue weighted by Gasteiger charge is 2.34. The van der Waals surface area contributed by atoms with Gasteiger partial charge < -0.3 is 15.0 Å². The number of carbonyl (C=O) groups is 2. The molecule has 1 saturated carbocycles. The molecule has 1 aliphatic rings. The first-order valence-corrected chi connectivity index (χ1v) is 17.3. The van der Waals surface area contributed by atoms with Gasteiger partial charge in [-0.1, -0.05) is 49.6 Å². The molecule has 0 spiro atoms. The van der Waals surface area contributed by atoms with E-state index in [0.29, 0.717) is 17.9 Å². The lowest BCUT2D eigenvalue weighted by molar-refractivity contribution is -0.140. The number of rotatable bonds is 13. The highest BCUT2D eigenvalue weighted by atomic mass is 32.2. The molecule has 0 unspecified atom stereocenters. The third kappa shape index (κ3) is 8.12. The van der Waals surface area contributed by atoms with Gasteiger partial charge in [0.2, 0.25) is 11.8 Å². The molecule has 43 heavy (non-hydrogen) atoms. The summed E-state index contributed by atoms with van der Waals surface area (Å²) in [7, 11) is -2.53. The van der Waals surface area contributed by atoms with E-state index in [1.54, 1.807) is 55.6 Å². The van der Waals surface area contributed by atoms with E-state index in [-0.39, 0.29) is 23.4 Å². The van der Waals surface area contributed by atoms with Gasteiger partial charge in [0.25, 0.3) is 10.0 Å². The van der Waals surface area contributed by atoms with Gasteiger partial charge in [-0.3, -0.25) is 13.9 Å². The fraction of sp³-hybridized carbons (Fsp3) is 0.394. The first-order valence-electron chi connectivity index (χ1n) is 14.6. The second-order valence-electron chi connectivity index (χ2n) is 10.8. The van der Waals surface area contributed by atoms with Gasteiger partial charge >= 0.3 is 0 Å². The van der Waals surface area contributed by atoms with Crippen LogP contribution in [0.1, 0.15) is 50.2 Å². The number of benzene rings is 3. The van der Waals surface area contributed by atoms with Crippen molar-refractivity contribution in [1.29, 1.82) is 0 Å². The molecule has 1 aliphatic carbocycles.